The molecule has 1 aromatic rings. The molecule has 0 heterocycles. The summed E-state index contributed by atoms with van der Waals surface area (Å²) in [6.45, 7) is 3.36. The molecule has 0 amide bonds. The smallest absolute Gasteiger partial charge is 0.389 e. The lowest BCUT2D eigenvalue weighted by Crippen LogP contribution is -2.30. The van der Waals surface area contributed by atoms with Gasteiger partial charge in [0.2, 0.25) is 0 Å². The van der Waals surface area contributed by atoms with E-state index in [1.807, 2.05) is 6.92 Å². The minimum atomic E-state index is -4.31. The second-order valence-electron chi connectivity index (χ2n) is 4.14. The third kappa shape index (κ3) is 6.04. The summed E-state index contributed by atoms with van der Waals surface area (Å²) < 4.78 is 42.0. The zero-order valence-electron chi connectivity index (χ0n) is 10.7. The highest BCUT2D eigenvalue weighted by Gasteiger charge is 2.29. The van der Waals surface area contributed by atoms with Crippen molar-refractivity contribution in [1.29, 1.82) is 0 Å². The molecule has 0 fully saturated rings. The van der Waals surface area contributed by atoms with Crippen LogP contribution in [0, 0.1) is 0 Å². The summed E-state index contributed by atoms with van der Waals surface area (Å²) in [6, 6.07) is 4.94. The monoisotopic (exact) mass is 277 g/mol. The first-order valence-electron chi connectivity index (χ1n) is 6.06. The molecule has 0 aliphatic rings. The van der Waals surface area contributed by atoms with Crippen LogP contribution in [0.2, 0.25) is 0 Å². The zero-order valence-corrected chi connectivity index (χ0v) is 10.7. The molecule has 0 aliphatic carbocycles. The van der Waals surface area contributed by atoms with Crippen molar-refractivity contribution in [2.24, 2.45) is 0 Å². The maximum Gasteiger partial charge on any atom is 0.416 e. The first-order valence-corrected chi connectivity index (χ1v) is 6.06. The number of halogens is 3. The van der Waals surface area contributed by atoms with Crippen LogP contribution >= 0.6 is 0 Å². The largest absolute Gasteiger partial charge is 0.416 e. The molecule has 1 aromatic carbocycles. The number of rotatable bonds is 7. The van der Waals surface area contributed by atoms with Gasteiger partial charge in [-0.1, -0.05) is 12.1 Å². The number of aliphatic hydroxyl groups excluding tert-OH is 1. The van der Waals surface area contributed by atoms with Gasteiger partial charge in [0.05, 0.1) is 18.3 Å². The Morgan fingerprint density at radius 1 is 1.26 bits per heavy atom. The quantitative estimate of drug-likeness (QED) is 0.802. The van der Waals surface area contributed by atoms with Crippen LogP contribution in [0.15, 0.2) is 24.3 Å². The summed E-state index contributed by atoms with van der Waals surface area (Å²) in [6.07, 6.45) is -4.92. The summed E-state index contributed by atoms with van der Waals surface area (Å²) in [5, 5.41) is 12.4. The van der Waals surface area contributed by atoms with E-state index in [9.17, 15) is 18.3 Å². The van der Waals surface area contributed by atoms with E-state index in [-0.39, 0.29) is 6.61 Å². The number of benzene rings is 1. The number of alkyl halides is 3. The molecule has 3 nitrogen and oxygen atoms in total. The molecule has 0 saturated carbocycles. The lowest BCUT2D eigenvalue weighted by atomic mass is 10.1. The van der Waals surface area contributed by atoms with E-state index in [0.717, 1.165) is 17.7 Å². The molecule has 1 unspecified atom stereocenters. The average Bonchev–Trinajstić information content (AvgIpc) is 2.36. The van der Waals surface area contributed by atoms with Gasteiger partial charge < -0.3 is 15.2 Å². The van der Waals surface area contributed by atoms with Crippen LogP contribution in [-0.2, 0) is 17.5 Å². The summed E-state index contributed by atoms with van der Waals surface area (Å²) in [7, 11) is 0. The third-order valence-electron chi connectivity index (χ3n) is 2.50. The molecule has 0 aliphatic heterocycles. The van der Waals surface area contributed by atoms with Gasteiger partial charge in [0, 0.05) is 19.7 Å². The van der Waals surface area contributed by atoms with Crippen molar-refractivity contribution in [3.63, 3.8) is 0 Å². The summed E-state index contributed by atoms with van der Waals surface area (Å²) in [4.78, 5) is 0. The van der Waals surface area contributed by atoms with E-state index in [1.54, 1.807) is 0 Å². The van der Waals surface area contributed by atoms with Crippen LogP contribution in [0.4, 0.5) is 13.2 Å². The van der Waals surface area contributed by atoms with Gasteiger partial charge in [0.25, 0.3) is 0 Å². The molecule has 2 N–H and O–H groups in total. The summed E-state index contributed by atoms with van der Waals surface area (Å²) >= 11 is 0. The van der Waals surface area contributed by atoms with Gasteiger partial charge in [-0.3, -0.25) is 0 Å². The Kier molecular flexibility index (Phi) is 6.27. The van der Waals surface area contributed by atoms with Crippen LogP contribution in [0.1, 0.15) is 18.1 Å². The van der Waals surface area contributed by atoms with Gasteiger partial charge in [-0.2, -0.15) is 13.2 Å². The Morgan fingerprint density at radius 3 is 2.42 bits per heavy atom. The van der Waals surface area contributed by atoms with Crippen molar-refractivity contribution < 1.29 is 23.0 Å². The van der Waals surface area contributed by atoms with Crippen LogP contribution < -0.4 is 5.32 Å². The number of nitrogens with one attached hydrogen (secondary N) is 1. The lowest BCUT2D eigenvalue weighted by molar-refractivity contribution is -0.137. The molecule has 0 saturated heterocycles. The van der Waals surface area contributed by atoms with Gasteiger partial charge in [-0.05, 0) is 24.6 Å². The molecule has 0 aromatic heterocycles. The van der Waals surface area contributed by atoms with Crippen molar-refractivity contribution in [2.45, 2.75) is 25.7 Å². The van der Waals surface area contributed by atoms with Gasteiger partial charge in [0.15, 0.2) is 0 Å². The van der Waals surface area contributed by atoms with E-state index in [2.05, 4.69) is 5.32 Å². The molecule has 108 valence electrons. The highest BCUT2D eigenvalue weighted by atomic mass is 19.4. The van der Waals surface area contributed by atoms with Crippen LogP contribution in [0.25, 0.3) is 0 Å². The Labute approximate surface area is 110 Å². The fraction of sp³-hybridized carbons (Fsp3) is 0.538. The van der Waals surface area contributed by atoms with Crippen LogP contribution in [0.5, 0.6) is 0 Å². The maximum atomic E-state index is 12.3. The number of ether oxygens (including phenoxy) is 1. The van der Waals surface area contributed by atoms with E-state index in [1.165, 1.54) is 12.1 Å². The predicted octanol–water partition coefficient (Wildman–Crippen LogP) is 2.19. The van der Waals surface area contributed by atoms with Gasteiger partial charge in [-0.25, -0.2) is 0 Å². The molecule has 1 rings (SSSR count). The predicted molar refractivity (Wildman–Crippen MR) is 65.7 cm³/mol. The third-order valence-corrected chi connectivity index (χ3v) is 2.50. The van der Waals surface area contributed by atoms with E-state index in [0.29, 0.717) is 19.7 Å². The second kappa shape index (κ2) is 7.47. The van der Waals surface area contributed by atoms with E-state index < -0.39 is 17.8 Å². The fourth-order valence-electron chi connectivity index (χ4n) is 1.51. The van der Waals surface area contributed by atoms with Crippen LogP contribution in [-0.4, -0.2) is 31.0 Å². The lowest BCUT2D eigenvalue weighted by Gasteiger charge is -2.12. The first-order chi connectivity index (χ1) is 8.93. The molecule has 1 atom stereocenters. The zero-order chi connectivity index (χ0) is 14.3. The topological polar surface area (TPSA) is 41.5 Å². The van der Waals surface area contributed by atoms with Crippen molar-refractivity contribution >= 4 is 0 Å². The second-order valence-corrected chi connectivity index (χ2v) is 4.14. The average molecular weight is 277 g/mol. The molecule has 0 bridgehead atoms. The van der Waals surface area contributed by atoms with E-state index >= 15 is 0 Å². The summed E-state index contributed by atoms with van der Waals surface area (Å²) in [5.41, 5.74) is 0.0734. The number of hydrogen-bond donors (Lipinski definition) is 2. The molecule has 0 spiro atoms. The minimum Gasteiger partial charge on any atom is -0.389 e. The maximum absolute atomic E-state index is 12.3. The molecule has 19 heavy (non-hydrogen) atoms. The highest BCUT2D eigenvalue weighted by Crippen LogP contribution is 2.28. The minimum absolute atomic E-state index is 0.247. The van der Waals surface area contributed by atoms with Crippen molar-refractivity contribution in [1.82, 2.24) is 5.32 Å². The molecule has 6 heteroatoms. The first kappa shape index (κ1) is 15.9. The van der Waals surface area contributed by atoms with Crippen molar-refractivity contribution in [3.8, 4) is 0 Å². The highest BCUT2D eigenvalue weighted by molar-refractivity contribution is 5.24. The van der Waals surface area contributed by atoms with Gasteiger partial charge in [-0.15, -0.1) is 0 Å². The van der Waals surface area contributed by atoms with Crippen molar-refractivity contribution in [2.75, 3.05) is 19.8 Å². The van der Waals surface area contributed by atoms with Crippen molar-refractivity contribution in [3.05, 3.63) is 35.4 Å². The van der Waals surface area contributed by atoms with Gasteiger partial charge >= 0.3 is 6.18 Å². The van der Waals surface area contributed by atoms with Crippen LogP contribution in [0.3, 0.4) is 0 Å². The standard InChI is InChI=1S/C13H18F3NO2/c1-2-19-9-12(18)8-17-7-10-3-5-11(6-4-10)13(14,15)16/h3-6,12,17-18H,2,7-9H2,1H3. The number of aliphatic hydroxyl groups is 1. The van der Waals surface area contributed by atoms with Gasteiger partial charge in [0.1, 0.15) is 0 Å². The fourth-order valence-corrected chi connectivity index (χ4v) is 1.51. The van der Waals surface area contributed by atoms with E-state index in [4.69, 9.17) is 4.74 Å². The Balaban J connectivity index is 2.34. The number of hydrogen-bond acceptors (Lipinski definition) is 3. The Morgan fingerprint density at radius 2 is 1.89 bits per heavy atom. The SMILES string of the molecule is CCOCC(O)CNCc1ccc(C(F)(F)F)cc1. The molecule has 0 radical (unpaired) electrons. The Bertz CT molecular complexity index is 365. The summed E-state index contributed by atoms with van der Waals surface area (Å²) in [5.74, 6) is 0. The Hall–Kier alpha value is -1.11. The normalized spacial score (nSPS) is 13.5. The molecular formula is C13H18F3NO2. The molecular weight excluding hydrogens is 259 g/mol.